The predicted molar refractivity (Wildman–Crippen MR) is 41.8 cm³/mol. The van der Waals surface area contributed by atoms with Gasteiger partial charge in [0, 0.05) is 12.4 Å². The van der Waals surface area contributed by atoms with E-state index >= 15 is 0 Å². The molecule has 6 heteroatoms. The Bertz CT molecular complexity index is 356. The molecule has 0 unspecified atom stereocenters. The van der Waals surface area contributed by atoms with Gasteiger partial charge in [0.25, 0.3) is 0 Å². The van der Waals surface area contributed by atoms with Gasteiger partial charge in [-0.25, -0.2) is 9.78 Å². The van der Waals surface area contributed by atoms with Crippen molar-refractivity contribution in [2.24, 2.45) is 0 Å². The van der Waals surface area contributed by atoms with Crippen LogP contribution in [0.5, 0.6) is 0 Å². The van der Waals surface area contributed by atoms with Crippen LogP contribution in [0.1, 0.15) is 5.69 Å². The lowest BCUT2D eigenvalue weighted by molar-refractivity contribution is -0.137. The Morgan fingerprint density at radius 2 is 2.38 bits per heavy atom. The second-order valence-corrected chi connectivity index (χ2v) is 2.03. The van der Waals surface area contributed by atoms with Crippen LogP contribution in [0.3, 0.4) is 0 Å². The highest BCUT2D eigenvalue weighted by atomic mass is 16.5. The summed E-state index contributed by atoms with van der Waals surface area (Å²) in [5.74, 6) is -0.761. The van der Waals surface area contributed by atoms with E-state index in [1.54, 1.807) is 0 Å². The summed E-state index contributed by atoms with van der Waals surface area (Å²) < 4.78 is 4.36. The van der Waals surface area contributed by atoms with Gasteiger partial charge < -0.3 is 10.3 Å². The smallest absolute Gasteiger partial charge is 0.426 e. The van der Waals surface area contributed by atoms with E-state index in [9.17, 15) is 4.79 Å². The van der Waals surface area contributed by atoms with Gasteiger partial charge in [-0.1, -0.05) is 0 Å². The van der Waals surface area contributed by atoms with E-state index in [0.29, 0.717) is 0 Å². The fourth-order valence-electron chi connectivity index (χ4n) is 0.715. The van der Waals surface area contributed by atoms with Crippen molar-refractivity contribution in [3.8, 4) is 0 Å². The number of methoxy groups -OCH3 is 1. The van der Waals surface area contributed by atoms with Gasteiger partial charge in [0.15, 0.2) is 5.69 Å². The van der Waals surface area contributed by atoms with E-state index in [4.69, 9.17) is 5.53 Å². The Hall–Kier alpha value is -2.07. The summed E-state index contributed by atoms with van der Waals surface area (Å²) in [4.78, 5) is 21.2. The second-order valence-electron chi connectivity index (χ2n) is 2.03. The van der Waals surface area contributed by atoms with Gasteiger partial charge in [0.1, 0.15) is 0 Å². The third-order valence-corrected chi connectivity index (χ3v) is 1.28. The number of hydrogen-bond donors (Lipinski definition) is 0. The van der Waals surface area contributed by atoms with Crippen LogP contribution in [-0.4, -0.2) is 33.5 Å². The van der Waals surface area contributed by atoms with Crippen LogP contribution in [0, 0.1) is 0 Å². The summed E-state index contributed by atoms with van der Waals surface area (Å²) in [7, 11) is 1.18. The summed E-state index contributed by atoms with van der Waals surface area (Å²) in [5, 5.41) is 0. The van der Waals surface area contributed by atoms with E-state index < -0.39 is 5.97 Å². The predicted octanol–water partition coefficient (Wildman–Crippen LogP) is -0.332. The van der Waals surface area contributed by atoms with E-state index in [1.165, 1.54) is 25.7 Å². The molecule has 0 bridgehead atoms. The first-order valence-corrected chi connectivity index (χ1v) is 3.36. The Balaban J connectivity index is 3.07. The molecule has 0 saturated carbocycles. The SMILES string of the molecule is COC(=O)C(=[N+]=[N-])c1cnccn1. The van der Waals surface area contributed by atoms with Gasteiger partial charge in [0.05, 0.1) is 13.3 Å². The molecule has 0 aliphatic rings. The van der Waals surface area contributed by atoms with Crippen molar-refractivity contribution in [2.45, 2.75) is 0 Å². The van der Waals surface area contributed by atoms with Crippen molar-refractivity contribution in [3.05, 3.63) is 29.8 Å². The molecule has 0 aliphatic heterocycles. The Morgan fingerprint density at radius 1 is 1.62 bits per heavy atom. The van der Waals surface area contributed by atoms with Gasteiger partial charge in [-0.15, -0.1) is 0 Å². The van der Waals surface area contributed by atoms with Crippen molar-refractivity contribution in [1.82, 2.24) is 9.97 Å². The van der Waals surface area contributed by atoms with Crippen LogP contribution in [0.2, 0.25) is 0 Å². The van der Waals surface area contributed by atoms with Crippen LogP contribution in [0.25, 0.3) is 5.53 Å². The maximum atomic E-state index is 11.0. The molecular formula is C7H6N4O2. The number of aromatic nitrogens is 2. The van der Waals surface area contributed by atoms with Gasteiger partial charge in [-0.05, 0) is 0 Å². The van der Waals surface area contributed by atoms with Gasteiger partial charge >= 0.3 is 11.7 Å². The molecule has 6 nitrogen and oxygen atoms in total. The molecule has 1 heterocycles. The second kappa shape index (κ2) is 4.08. The van der Waals surface area contributed by atoms with Crippen molar-refractivity contribution >= 4 is 11.7 Å². The van der Waals surface area contributed by atoms with Crippen LogP contribution in [0.4, 0.5) is 0 Å². The first-order valence-electron chi connectivity index (χ1n) is 3.36. The number of esters is 1. The molecule has 0 aliphatic carbocycles. The van der Waals surface area contributed by atoms with Crippen LogP contribution < -0.4 is 0 Å². The third-order valence-electron chi connectivity index (χ3n) is 1.28. The molecule has 66 valence electrons. The zero-order chi connectivity index (χ0) is 9.68. The molecule has 0 atom stereocenters. The number of hydrogen-bond acceptors (Lipinski definition) is 4. The minimum Gasteiger partial charge on any atom is -0.460 e. The van der Waals surface area contributed by atoms with Crippen LogP contribution >= 0.6 is 0 Å². The first-order chi connectivity index (χ1) is 6.29. The van der Waals surface area contributed by atoms with Gasteiger partial charge in [-0.2, -0.15) is 4.79 Å². The molecule has 1 aromatic rings. The van der Waals surface area contributed by atoms with Crippen molar-refractivity contribution in [1.29, 1.82) is 0 Å². The third kappa shape index (κ3) is 1.94. The molecule has 1 rings (SSSR count). The molecule has 0 amide bonds. The molecule has 0 N–H and O–H groups in total. The van der Waals surface area contributed by atoms with Crippen LogP contribution in [0.15, 0.2) is 18.6 Å². The number of carbonyl (C=O) groups is 1. The minimum absolute atomic E-state index is 0.164. The molecule has 13 heavy (non-hydrogen) atoms. The zero-order valence-corrected chi connectivity index (χ0v) is 6.84. The number of rotatable bonds is 2. The quantitative estimate of drug-likeness (QED) is 0.268. The normalized spacial score (nSPS) is 8.69. The molecule has 0 spiro atoms. The maximum absolute atomic E-state index is 11.0. The number of nitrogens with zero attached hydrogens (tertiary/aromatic N) is 4. The average molecular weight is 178 g/mol. The van der Waals surface area contributed by atoms with E-state index in [2.05, 4.69) is 19.5 Å². The lowest BCUT2D eigenvalue weighted by atomic mass is 10.3. The highest BCUT2D eigenvalue weighted by Crippen LogP contribution is 1.93. The van der Waals surface area contributed by atoms with E-state index in [1.807, 2.05) is 0 Å². The van der Waals surface area contributed by atoms with Crippen molar-refractivity contribution < 1.29 is 14.3 Å². The van der Waals surface area contributed by atoms with Gasteiger partial charge in [0.2, 0.25) is 0 Å². The fourth-order valence-corrected chi connectivity index (χ4v) is 0.715. The lowest BCUT2D eigenvalue weighted by Gasteiger charge is -1.92. The molecule has 0 radical (unpaired) electrons. The average Bonchev–Trinajstić information content (AvgIpc) is 2.20. The summed E-state index contributed by atoms with van der Waals surface area (Å²) >= 11 is 0. The van der Waals surface area contributed by atoms with E-state index in [-0.39, 0.29) is 11.4 Å². The molecular weight excluding hydrogens is 172 g/mol. The van der Waals surface area contributed by atoms with Crippen LogP contribution in [-0.2, 0) is 9.53 Å². The monoisotopic (exact) mass is 178 g/mol. The molecule has 0 saturated heterocycles. The molecule has 0 fully saturated rings. The van der Waals surface area contributed by atoms with E-state index in [0.717, 1.165) is 0 Å². The Kier molecular flexibility index (Phi) is 2.83. The molecule has 0 aromatic carbocycles. The number of ether oxygens (including phenoxy) is 1. The topological polar surface area (TPSA) is 88.5 Å². The van der Waals surface area contributed by atoms with Gasteiger partial charge in [-0.3, -0.25) is 4.98 Å². The summed E-state index contributed by atoms with van der Waals surface area (Å²) in [6.07, 6.45) is 4.12. The zero-order valence-electron chi connectivity index (χ0n) is 6.84. The van der Waals surface area contributed by atoms with Crippen molar-refractivity contribution in [3.63, 3.8) is 0 Å². The lowest BCUT2D eigenvalue weighted by Crippen LogP contribution is -2.19. The summed E-state index contributed by atoms with van der Waals surface area (Å²) in [5.41, 5.74) is 8.40. The minimum atomic E-state index is -0.761. The van der Waals surface area contributed by atoms with Crippen molar-refractivity contribution in [2.75, 3.05) is 7.11 Å². The molecule has 1 aromatic heterocycles. The Labute approximate surface area is 73.8 Å². The first kappa shape index (κ1) is 9.02. The highest BCUT2D eigenvalue weighted by molar-refractivity contribution is 6.40. The highest BCUT2D eigenvalue weighted by Gasteiger charge is 2.24. The summed E-state index contributed by atoms with van der Waals surface area (Å²) in [6, 6.07) is 0. The largest absolute Gasteiger partial charge is 0.460 e. The maximum Gasteiger partial charge on any atom is 0.426 e. The Morgan fingerprint density at radius 3 is 2.85 bits per heavy atom. The summed E-state index contributed by atoms with van der Waals surface area (Å²) in [6.45, 7) is 0. The fraction of sp³-hybridized carbons (Fsp3) is 0.143. The number of carbonyl (C=O) groups excluding carboxylic acids is 1. The standard InChI is InChI=1S/C7H6N4O2/c1-13-7(12)6(11-8)5-4-9-2-3-10-5/h2-4H,1H3.